The molecule has 0 spiro atoms. The number of ketones is 1. The van der Waals surface area contributed by atoms with Gasteiger partial charge in [-0.1, -0.05) is 15.9 Å². The van der Waals surface area contributed by atoms with Crippen molar-refractivity contribution in [3.8, 4) is 0 Å². The lowest BCUT2D eigenvalue weighted by Crippen LogP contribution is -2.32. The van der Waals surface area contributed by atoms with Gasteiger partial charge in [0.05, 0.1) is 0 Å². The summed E-state index contributed by atoms with van der Waals surface area (Å²) in [5.41, 5.74) is -0.826. The van der Waals surface area contributed by atoms with E-state index in [1.807, 2.05) is 0 Å². The van der Waals surface area contributed by atoms with Crippen molar-refractivity contribution >= 4 is 21.7 Å². The quantitative estimate of drug-likeness (QED) is 0.920. The summed E-state index contributed by atoms with van der Waals surface area (Å²) in [5, 5.41) is 9.43. The van der Waals surface area contributed by atoms with Gasteiger partial charge >= 0.3 is 0 Å². The second-order valence-corrected chi connectivity index (χ2v) is 4.85. The Kier molecular flexibility index (Phi) is 3.62. The Morgan fingerprint density at radius 2 is 2.07 bits per heavy atom. The van der Waals surface area contributed by atoms with Gasteiger partial charge in [-0.3, -0.25) is 4.79 Å². The Hall–Kier alpha value is -0.740. The number of carbonyl (C=O) groups excluding carboxylic acids is 1. The SMILES string of the molecule is CC(C)(O)C(=O)Cc1cc(F)cc(Br)c1. The maximum atomic E-state index is 13.0. The monoisotopic (exact) mass is 274 g/mol. The first-order valence-corrected chi connectivity index (χ1v) is 5.29. The molecule has 0 aliphatic carbocycles. The van der Waals surface area contributed by atoms with Gasteiger partial charge in [-0.05, 0) is 37.6 Å². The molecule has 0 saturated heterocycles. The number of carbonyl (C=O) groups is 1. The number of aliphatic hydroxyl groups is 1. The molecule has 0 unspecified atom stereocenters. The van der Waals surface area contributed by atoms with Crippen molar-refractivity contribution in [3.63, 3.8) is 0 Å². The molecule has 1 N–H and O–H groups in total. The van der Waals surface area contributed by atoms with Gasteiger partial charge in [0, 0.05) is 10.9 Å². The Balaban J connectivity index is 2.86. The Morgan fingerprint density at radius 1 is 1.47 bits per heavy atom. The zero-order valence-corrected chi connectivity index (χ0v) is 10.1. The Morgan fingerprint density at radius 3 is 2.53 bits per heavy atom. The van der Waals surface area contributed by atoms with Gasteiger partial charge in [0.1, 0.15) is 11.4 Å². The molecule has 0 atom stereocenters. The van der Waals surface area contributed by atoms with Crippen molar-refractivity contribution in [2.75, 3.05) is 0 Å². The Labute approximate surface area is 96.2 Å². The van der Waals surface area contributed by atoms with Crippen LogP contribution in [0.5, 0.6) is 0 Å². The summed E-state index contributed by atoms with van der Waals surface area (Å²) in [4.78, 5) is 11.5. The fourth-order valence-electron chi connectivity index (χ4n) is 1.11. The molecule has 0 fully saturated rings. The number of benzene rings is 1. The van der Waals surface area contributed by atoms with Gasteiger partial charge in [0.15, 0.2) is 5.78 Å². The van der Waals surface area contributed by atoms with Crippen LogP contribution in [-0.4, -0.2) is 16.5 Å². The molecule has 1 aromatic carbocycles. The standard InChI is InChI=1S/C11H12BrFO2/c1-11(2,15)10(14)5-7-3-8(12)6-9(13)4-7/h3-4,6,15H,5H2,1-2H3. The second kappa shape index (κ2) is 4.41. The van der Waals surface area contributed by atoms with Crippen molar-refractivity contribution in [2.24, 2.45) is 0 Å². The van der Waals surface area contributed by atoms with Crippen LogP contribution in [0.3, 0.4) is 0 Å². The molecule has 1 rings (SSSR count). The molecular formula is C11H12BrFO2. The van der Waals surface area contributed by atoms with Gasteiger partial charge in [0.2, 0.25) is 0 Å². The van der Waals surface area contributed by atoms with Crippen LogP contribution in [0.4, 0.5) is 4.39 Å². The highest BCUT2D eigenvalue weighted by Crippen LogP contribution is 2.17. The third-order valence-corrected chi connectivity index (χ3v) is 2.43. The second-order valence-electron chi connectivity index (χ2n) is 3.94. The lowest BCUT2D eigenvalue weighted by Gasteiger charge is -2.15. The fraction of sp³-hybridized carbons (Fsp3) is 0.364. The maximum Gasteiger partial charge on any atom is 0.168 e. The summed E-state index contributed by atoms with van der Waals surface area (Å²) >= 11 is 3.14. The zero-order chi connectivity index (χ0) is 11.6. The molecule has 0 heterocycles. The molecule has 82 valence electrons. The van der Waals surface area contributed by atoms with E-state index >= 15 is 0 Å². The summed E-state index contributed by atoms with van der Waals surface area (Å²) in [6.07, 6.45) is 0.0276. The van der Waals surface area contributed by atoms with E-state index in [-0.39, 0.29) is 12.2 Å². The average Bonchev–Trinajstić information content (AvgIpc) is 1.99. The lowest BCUT2D eigenvalue weighted by molar-refractivity contribution is -0.133. The van der Waals surface area contributed by atoms with Crippen molar-refractivity contribution in [1.82, 2.24) is 0 Å². The molecule has 4 heteroatoms. The minimum atomic E-state index is -1.38. The van der Waals surface area contributed by atoms with E-state index in [2.05, 4.69) is 15.9 Å². The number of hydrogen-bond donors (Lipinski definition) is 1. The number of hydrogen-bond acceptors (Lipinski definition) is 2. The van der Waals surface area contributed by atoms with Crippen molar-refractivity contribution in [1.29, 1.82) is 0 Å². The third kappa shape index (κ3) is 3.72. The van der Waals surface area contributed by atoms with E-state index in [0.29, 0.717) is 10.0 Å². The molecule has 0 aliphatic rings. The predicted molar refractivity (Wildman–Crippen MR) is 59.1 cm³/mol. The number of rotatable bonds is 3. The van der Waals surface area contributed by atoms with Crippen LogP contribution in [0.15, 0.2) is 22.7 Å². The molecule has 2 nitrogen and oxygen atoms in total. The van der Waals surface area contributed by atoms with Gasteiger partial charge in [-0.25, -0.2) is 4.39 Å². The molecule has 0 radical (unpaired) electrons. The van der Waals surface area contributed by atoms with Crippen molar-refractivity contribution < 1.29 is 14.3 Å². The highest BCUT2D eigenvalue weighted by Gasteiger charge is 2.23. The van der Waals surface area contributed by atoms with Crippen molar-refractivity contribution in [2.45, 2.75) is 25.9 Å². The molecular weight excluding hydrogens is 263 g/mol. The molecule has 0 aliphatic heterocycles. The minimum absolute atomic E-state index is 0.0276. The number of halogens is 2. The molecule has 0 saturated carbocycles. The van der Waals surface area contributed by atoms with Crippen LogP contribution >= 0.6 is 15.9 Å². The minimum Gasteiger partial charge on any atom is -0.383 e. The highest BCUT2D eigenvalue weighted by molar-refractivity contribution is 9.10. The van der Waals surface area contributed by atoms with E-state index in [0.717, 1.165) is 0 Å². The van der Waals surface area contributed by atoms with Gasteiger partial charge in [-0.15, -0.1) is 0 Å². The van der Waals surface area contributed by atoms with Crippen LogP contribution in [0.1, 0.15) is 19.4 Å². The van der Waals surface area contributed by atoms with Crippen LogP contribution in [-0.2, 0) is 11.2 Å². The first-order chi connectivity index (χ1) is 6.79. The summed E-state index contributed by atoms with van der Waals surface area (Å²) in [6.45, 7) is 2.84. The molecule has 0 amide bonds. The van der Waals surface area contributed by atoms with Gasteiger partial charge in [0.25, 0.3) is 0 Å². The van der Waals surface area contributed by atoms with Crippen LogP contribution in [0.2, 0.25) is 0 Å². The summed E-state index contributed by atoms with van der Waals surface area (Å²) in [6, 6.07) is 4.26. The highest BCUT2D eigenvalue weighted by atomic mass is 79.9. The topological polar surface area (TPSA) is 37.3 Å². The maximum absolute atomic E-state index is 13.0. The molecule has 1 aromatic rings. The van der Waals surface area contributed by atoms with E-state index in [4.69, 9.17) is 0 Å². The average molecular weight is 275 g/mol. The smallest absolute Gasteiger partial charge is 0.168 e. The van der Waals surface area contributed by atoms with Gasteiger partial charge < -0.3 is 5.11 Å². The summed E-state index contributed by atoms with van der Waals surface area (Å²) in [5.74, 6) is -0.733. The zero-order valence-electron chi connectivity index (χ0n) is 8.55. The van der Waals surface area contributed by atoms with Crippen LogP contribution in [0.25, 0.3) is 0 Å². The number of Topliss-reactive ketones (excluding diaryl/α,β-unsaturated/α-hetero) is 1. The first-order valence-electron chi connectivity index (χ1n) is 4.49. The normalized spacial score (nSPS) is 11.5. The third-order valence-electron chi connectivity index (χ3n) is 1.97. The first kappa shape index (κ1) is 12.3. The van der Waals surface area contributed by atoms with E-state index < -0.39 is 11.4 Å². The van der Waals surface area contributed by atoms with E-state index in [1.54, 1.807) is 6.07 Å². The largest absolute Gasteiger partial charge is 0.383 e. The van der Waals surface area contributed by atoms with Gasteiger partial charge in [-0.2, -0.15) is 0 Å². The predicted octanol–water partition coefficient (Wildman–Crippen LogP) is 2.47. The van der Waals surface area contributed by atoms with E-state index in [9.17, 15) is 14.3 Å². The molecule has 0 bridgehead atoms. The van der Waals surface area contributed by atoms with E-state index in [1.165, 1.54) is 26.0 Å². The summed E-state index contributed by atoms with van der Waals surface area (Å²) < 4.78 is 13.6. The van der Waals surface area contributed by atoms with Crippen LogP contribution in [0, 0.1) is 5.82 Å². The molecule has 0 aromatic heterocycles. The summed E-state index contributed by atoms with van der Waals surface area (Å²) in [7, 11) is 0. The fourth-order valence-corrected chi connectivity index (χ4v) is 1.63. The van der Waals surface area contributed by atoms with Crippen LogP contribution < -0.4 is 0 Å². The Bertz CT molecular complexity index is 362. The molecule has 15 heavy (non-hydrogen) atoms. The lowest BCUT2D eigenvalue weighted by atomic mass is 9.97. The van der Waals surface area contributed by atoms with Crippen molar-refractivity contribution in [3.05, 3.63) is 34.1 Å².